The quantitative estimate of drug-likeness (QED) is 0.834. The first-order valence-corrected chi connectivity index (χ1v) is 7.28. The van der Waals surface area contributed by atoms with Crippen LogP contribution >= 0.6 is 0 Å². The van der Waals surface area contributed by atoms with Crippen LogP contribution in [0.1, 0.15) is 29.8 Å². The number of amides is 1. The molecule has 0 spiro atoms. The zero-order valence-corrected chi connectivity index (χ0v) is 13.0. The van der Waals surface area contributed by atoms with Crippen molar-refractivity contribution in [3.8, 4) is 5.75 Å². The third-order valence-corrected chi connectivity index (χ3v) is 3.04. The zero-order valence-electron chi connectivity index (χ0n) is 13.0. The molecule has 0 radical (unpaired) electrons. The first kappa shape index (κ1) is 16.7. The lowest BCUT2D eigenvalue weighted by molar-refractivity contribution is -0.123. The van der Waals surface area contributed by atoms with E-state index in [1.54, 1.807) is 24.3 Å². The maximum Gasteiger partial charge on any atom is 0.258 e. The molecular formula is C18H18FNO3. The summed E-state index contributed by atoms with van der Waals surface area (Å²) >= 11 is 0. The molecule has 0 bridgehead atoms. The normalized spacial score (nSPS) is 10.4. The molecule has 1 N–H and O–H groups in total. The van der Waals surface area contributed by atoms with Crippen LogP contribution in [0.2, 0.25) is 0 Å². The van der Waals surface area contributed by atoms with Crippen molar-refractivity contribution in [2.45, 2.75) is 19.9 Å². The maximum atomic E-state index is 12.9. The van der Waals surface area contributed by atoms with Gasteiger partial charge in [-0.2, -0.15) is 0 Å². The van der Waals surface area contributed by atoms with E-state index in [4.69, 9.17) is 4.74 Å². The van der Waals surface area contributed by atoms with Crippen molar-refractivity contribution in [1.82, 2.24) is 5.32 Å². The van der Waals surface area contributed by atoms with Crippen LogP contribution in [0, 0.1) is 5.82 Å². The minimum absolute atomic E-state index is 0.0572. The Morgan fingerprint density at radius 2 is 1.52 bits per heavy atom. The predicted molar refractivity (Wildman–Crippen MR) is 85.0 cm³/mol. The molecule has 0 saturated heterocycles. The van der Waals surface area contributed by atoms with E-state index >= 15 is 0 Å². The molecule has 0 saturated carbocycles. The number of carbonyl (C=O) groups is 2. The van der Waals surface area contributed by atoms with E-state index in [0.29, 0.717) is 16.9 Å². The van der Waals surface area contributed by atoms with Crippen molar-refractivity contribution >= 4 is 11.7 Å². The van der Waals surface area contributed by atoms with Crippen molar-refractivity contribution < 1.29 is 18.7 Å². The van der Waals surface area contributed by atoms with Crippen molar-refractivity contribution in [1.29, 1.82) is 0 Å². The van der Waals surface area contributed by atoms with Gasteiger partial charge in [-0.1, -0.05) is 0 Å². The lowest BCUT2D eigenvalue weighted by atomic mass is 10.0. The second-order valence-corrected chi connectivity index (χ2v) is 5.37. The molecule has 23 heavy (non-hydrogen) atoms. The molecule has 1 amide bonds. The van der Waals surface area contributed by atoms with E-state index < -0.39 is 0 Å². The minimum Gasteiger partial charge on any atom is -0.484 e. The van der Waals surface area contributed by atoms with Crippen LogP contribution < -0.4 is 10.1 Å². The van der Waals surface area contributed by atoms with Crippen molar-refractivity contribution in [2.24, 2.45) is 0 Å². The maximum absolute atomic E-state index is 12.9. The lowest BCUT2D eigenvalue weighted by Crippen LogP contribution is -2.34. The van der Waals surface area contributed by atoms with E-state index in [1.807, 2.05) is 13.8 Å². The topological polar surface area (TPSA) is 55.4 Å². The predicted octanol–water partition coefficient (Wildman–Crippen LogP) is 2.96. The number of nitrogens with one attached hydrogen (secondary N) is 1. The molecular weight excluding hydrogens is 297 g/mol. The highest BCUT2D eigenvalue weighted by Gasteiger charge is 2.10. The summed E-state index contributed by atoms with van der Waals surface area (Å²) in [6.07, 6.45) is 0. The lowest BCUT2D eigenvalue weighted by Gasteiger charge is -2.10. The van der Waals surface area contributed by atoms with Gasteiger partial charge in [-0.05, 0) is 62.4 Å². The van der Waals surface area contributed by atoms with Crippen LogP contribution in [-0.2, 0) is 4.79 Å². The Kier molecular flexibility index (Phi) is 5.46. The molecule has 0 unspecified atom stereocenters. The van der Waals surface area contributed by atoms with Crippen molar-refractivity contribution in [3.05, 3.63) is 65.5 Å². The summed E-state index contributed by atoms with van der Waals surface area (Å²) in [7, 11) is 0. The fourth-order valence-electron chi connectivity index (χ4n) is 1.98. The van der Waals surface area contributed by atoms with Crippen molar-refractivity contribution in [2.75, 3.05) is 6.61 Å². The number of benzene rings is 2. The summed E-state index contributed by atoms with van der Waals surface area (Å²) < 4.78 is 18.2. The van der Waals surface area contributed by atoms with Gasteiger partial charge in [-0.15, -0.1) is 0 Å². The van der Waals surface area contributed by atoms with Gasteiger partial charge in [-0.3, -0.25) is 9.59 Å². The van der Waals surface area contributed by atoms with Crippen LogP contribution in [0.25, 0.3) is 0 Å². The van der Waals surface area contributed by atoms with Gasteiger partial charge in [0.15, 0.2) is 12.4 Å². The van der Waals surface area contributed by atoms with Gasteiger partial charge in [0.25, 0.3) is 5.91 Å². The fraction of sp³-hybridized carbons (Fsp3) is 0.222. The number of ketones is 1. The summed E-state index contributed by atoms with van der Waals surface area (Å²) in [5, 5.41) is 2.72. The Hall–Kier alpha value is -2.69. The third-order valence-electron chi connectivity index (χ3n) is 3.04. The Morgan fingerprint density at radius 3 is 2.04 bits per heavy atom. The molecule has 5 heteroatoms. The molecule has 4 nitrogen and oxygen atoms in total. The highest BCUT2D eigenvalue weighted by atomic mass is 19.1. The molecule has 0 aliphatic heterocycles. The smallest absolute Gasteiger partial charge is 0.258 e. The second kappa shape index (κ2) is 7.54. The average Bonchev–Trinajstić information content (AvgIpc) is 2.53. The SMILES string of the molecule is CC(C)NC(=O)COc1ccc(C(=O)c2ccc(F)cc2)cc1. The molecule has 2 aromatic rings. The van der Waals surface area contributed by atoms with E-state index in [-0.39, 0.29) is 30.2 Å². The Morgan fingerprint density at radius 1 is 1.00 bits per heavy atom. The number of hydrogen-bond donors (Lipinski definition) is 1. The second-order valence-electron chi connectivity index (χ2n) is 5.37. The summed E-state index contributed by atoms with van der Waals surface area (Å²) in [4.78, 5) is 23.7. The first-order chi connectivity index (χ1) is 11.0. The number of rotatable bonds is 6. The zero-order chi connectivity index (χ0) is 16.8. The van der Waals surface area contributed by atoms with Crippen LogP contribution in [0.4, 0.5) is 4.39 Å². The van der Waals surface area contributed by atoms with Crippen molar-refractivity contribution in [3.63, 3.8) is 0 Å². The van der Waals surface area contributed by atoms with Gasteiger partial charge in [0.1, 0.15) is 11.6 Å². The van der Waals surface area contributed by atoms with E-state index in [9.17, 15) is 14.0 Å². The molecule has 0 fully saturated rings. The number of ether oxygens (including phenoxy) is 1. The summed E-state index contributed by atoms with van der Waals surface area (Å²) in [5.74, 6) is -0.287. The summed E-state index contributed by atoms with van der Waals surface area (Å²) in [6, 6.07) is 11.9. The molecule has 0 atom stereocenters. The number of hydrogen-bond acceptors (Lipinski definition) is 3. The van der Waals surface area contributed by atoms with Gasteiger partial charge in [-0.25, -0.2) is 4.39 Å². The highest BCUT2D eigenvalue weighted by molar-refractivity contribution is 6.09. The third kappa shape index (κ3) is 4.92. The largest absolute Gasteiger partial charge is 0.484 e. The first-order valence-electron chi connectivity index (χ1n) is 7.28. The standard InChI is InChI=1S/C18H18FNO3/c1-12(2)20-17(21)11-23-16-9-5-14(6-10-16)18(22)13-3-7-15(19)8-4-13/h3-10,12H,11H2,1-2H3,(H,20,21). The van der Waals surface area contributed by atoms with Gasteiger partial charge >= 0.3 is 0 Å². The molecule has 0 aliphatic rings. The molecule has 0 aromatic heterocycles. The van der Waals surface area contributed by atoms with Gasteiger partial charge in [0.2, 0.25) is 0 Å². The highest BCUT2D eigenvalue weighted by Crippen LogP contribution is 2.16. The molecule has 0 aliphatic carbocycles. The average molecular weight is 315 g/mol. The van der Waals surface area contributed by atoms with E-state index in [1.165, 1.54) is 24.3 Å². The van der Waals surface area contributed by atoms with Crippen LogP contribution in [0.15, 0.2) is 48.5 Å². The van der Waals surface area contributed by atoms with Gasteiger partial charge < -0.3 is 10.1 Å². The summed E-state index contributed by atoms with van der Waals surface area (Å²) in [5.41, 5.74) is 0.881. The molecule has 2 rings (SSSR count). The molecule has 120 valence electrons. The van der Waals surface area contributed by atoms with Crippen LogP contribution in [0.5, 0.6) is 5.75 Å². The number of halogens is 1. The minimum atomic E-state index is -0.384. The van der Waals surface area contributed by atoms with E-state index in [2.05, 4.69) is 5.32 Å². The summed E-state index contributed by atoms with van der Waals surface area (Å²) in [6.45, 7) is 3.66. The van der Waals surface area contributed by atoms with Gasteiger partial charge in [0, 0.05) is 17.2 Å². The number of carbonyl (C=O) groups excluding carboxylic acids is 2. The molecule has 2 aromatic carbocycles. The van der Waals surface area contributed by atoms with Crippen LogP contribution in [0.3, 0.4) is 0 Å². The fourth-order valence-corrected chi connectivity index (χ4v) is 1.98. The van der Waals surface area contributed by atoms with E-state index in [0.717, 1.165) is 0 Å². The Labute approximate surface area is 134 Å². The van der Waals surface area contributed by atoms with Gasteiger partial charge in [0.05, 0.1) is 0 Å². The monoisotopic (exact) mass is 315 g/mol. The Balaban J connectivity index is 1.97. The Bertz CT molecular complexity index is 678. The molecule has 0 heterocycles. The van der Waals surface area contributed by atoms with Crippen LogP contribution in [-0.4, -0.2) is 24.3 Å².